The van der Waals surface area contributed by atoms with Gasteiger partial charge in [-0.25, -0.2) is 4.98 Å². The van der Waals surface area contributed by atoms with Crippen LogP contribution in [0.1, 0.15) is 25.5 Å². The van der Waals surface area contributed by atoms with Gasteiger partial charge in [-0.3, -0.25) is 4.98 Å². The predicted octanol–water partition coefficient (Wildman–Crippen LogP) is 1.37. The van der Waals surface area contributed by atoms with E-state index in [-0.39, 0.29) is 0 Å². The van der Waals surface area contributed by atoms with Crippen molar-refractivity contribution in [2.24, 2.45) is 0 Å². The van der Waals surface area contributed by atoms with Crippen LogP contribution in [0.15, 0.2) is 12.4 Å². The first-order valence-electron chi connectivity index (χ1n) is 4.95. The lowest BCUT2D eigenvalue weighted by Crippen LogP contribution is -2.07. The maximum absolute atomic E-state index is 5.39. The van der Waals surface area contributed by atoms with Gasteiger partial charge in [0, 0.05) is 6.54 Å². The van der Waals surface area contributed by atoms with Crippen molar-refractivity contribution < 1.29 is 4.74 Å². The van der Waals surface area contributed by atoms with Gasteiger partial charge in [0.15, 0.2) is 0 Å². The lowest BCUT2D eigenvalue weighted by atomic mass is 10.4. The summed E-state index contributed by atoms with van der Waals surface area (Å²) in [4.78, 5) is 8.34. The molecule has 0 unspecified atom stereocenters. The van der Waals surface area contributed by atoms with Crippen molar-refractivity contribution in [1.82, 2.24) is 15.3 Å². The summed E-state index contributed by atoms with van der Waals surface area (Å²) in [6, 6.07) is 0. The van der Waals surface area contributed by atoms with E-state index in [2.05, 4.69) is 22.2 Å². The third-order valence-electron chi connectivity index (χ3n) is 1.79. The van der Waals surface area contributed by atoms with Crippen LogP contribution in [0.3, 0.4) is 0 Å². The van der Waals surface area contributed by atoms with Crippen molar-refractivity contribution in [2.45, 2.75) is 26.3 Å². The zero-order chi connectivity index (χ0) is 10.2. The average molecular weight is 195 g/mol. The number of unbranched alkanes of at least 4 members (excludes halogenated alkanes) is 1. The highest BCUT2D eigenvalue weighted by molar-refractivity contribution is 5.06. The number of rotatable bonds is 6. The van der Waals surface area contributed by atoms with Crippen LogP contribution in [0.4, 0.5) is 0 Å². The van der Waals surface area contributed by atoms with Crippen molar-refractivity contribution in [3.05, 3.63) is 18.1 Å². The van der Waals surface area contributed by atoms with Crippen molar-refractivity contribution in [1.29, 1.82) is 0 Å². The minimum absolute atomic E-state index is 0.610. The zero-order valence-electron chi connectivity index (χ0n) is 8.79. The monoisotopic (exact) mass is 195 g/mol. The number of aromatic nitrogens is 2. The first-order valence-corrected chi connectivity index (χ1v) is 4.95. The second kappa shape index (κ2) is 6.32. The summed E-state index contributed by atoms with van der Waals surface area (Å²) >= 11 is 0. The fourth-order valence-electron chi connectivity index (χ4n) is 1.01. The molecule has 4 nitrogen and oxygen atoms in total. The van der Waals surface area contributed by atoms with Crippen LogP contribution in [-0.2, 0) is 6.54 Å². The molecule has 1 rings (SSSR count). The number of hydrogen-bond acceptors (Lipinski definition) is 4. The topological polar surface area (TPSA) is 47.0 Å². The largest absolute Gasteiger partial charge is 0.477 e. The van der Waals surface area contributed by atoms with Crippen LogP contribution >= 0.6 is 0 Å². The van der Waals surface area contributed by atoms with Crippen molar-refractivity contribution >= 4 is 0 Å². The molecule has 1 heterocycles. The molecule has 4 heteroatoms. The standard InChI is InChI=1S/C10H17N3O/c1-3-4-5-14-10-8-12-9(6-11-2)7-13-10/h7-8,11H,3-6H2,1-2H3. The van der Waals surface area contributed by atoms with Crippen LogP contribution in [0.2, 0.25) is 0 Å². The first kappa shape index (κ1) is 10.9. The molecule has 0 saturated heterocycles. The molecule has 0 fully saturated rings. The smallest absolute Gasteiger partial charge is 0.232 e. The Morgan fingerprint density at radius 1 is 1.36 bits per heavy atom. The summed E-state index contributed by atoms with van der Waals surface area (Å²) in [6.07, 6.45) is 5.59. The number of nitrogens with zero attached hydrogens (tertiary/aromatic N) is 2. The second-order valence-electron chi connectivity index (χ2n) is 3.08. The van der Waals surface area contributed by atoms with Gasteiger partial charge in [-0.15, -0.1) is 0 Å². The Labute approximate surface area is 84.7 Å². The molecule has 1 aromatic rings. The van der Waals surface area contributed by atoms with Crippen LogP contribution in [-0.4, -0.2) is 23.6 Å². The Kier molecular flexibility index (Phi) is 4.93. The highest BCUT2D eigenvalue weighted by atomic mass is 16.5. The van der Waals surface area contributed by atoms with Crippen LogP contribution in [0, 0.1) is 0 Å². The minimum Gasteiger partial charge on any atom is -0.477 e. The fraction of sp³-hybridized carbons (Fsp3) is 0.600. The van der Waals surface area contributed by atoms with Gasteiger partial charge < -0.3 is 10.1 Å². The Bertz CT molecular complexity index is 248. The summed E-state index contributed by atoms with van der Waals surface area (Å²) in [5, 5.41) is 3.01. The van der Waals surface area contributed by atoms with Gasteiger partial charge in [0.1, 0.15) is 0 Å². The molecule has 78 valence electrons. The van der Waals surface area contributed by atoms with Gasteiger partial charge in [-0.1, -0.05) is 13.3 Å². The Morgan fingerprint density at radius 3 is 2.79 bits per heavy atom. The fourth-order valence-corrected chi connectivity index (χ4v) is 1.01. The summed E-state index contributed by atoms with van der Waals surface area (Å²) in [6.45, 7) is 3.59. The molecule has 0 bridgehead atoms. The van der Waals surface area contributed by atoms with Gasteiger partial charge in [-0.2, -0.15) is 0 Å². The Hall–Kier alpha value is -1.16. The molecule has 0 aliphatic heterocycles. The molecule has 0 aliphatic rings. The molecule has 1 aromatic heterocycles. The van der Waals surface area contributed by atoms with Crippen molar-refractivity contribution in [3.63, 3.8) is 0 Å². The molecule has 0 aromatic carbocycles. The maximum Gasteiger partial charge on any atom is 0.232 e. The van der Waals surface area contributed by atoms with Crippen molar-refractivity contribution in [3.8, 4) is 5.88 Å². The van der Waals surface area contributed by atoms with Crippen LogP contribution < -0.4 is 10.1 Å². The highest BCUT2D eigenvalue weighted by Gasteiger charge is 1.96. The molecule has 1 N–H and O–H groups in total. The highest BCUT2D eigenvalue weighted by Crippen LogP contribution is 2.04. The molecule has 0 spiro atoms. The van der Waals surface area contributed by atoms with E-state index in [1.807, 2.05) is 7.05 Å². The van der Waals surface area contributed by atoms with Gasteiger partial charge in [0.25, 0.3) is 0 Å². The third-order valence-corrected chi connectivity index (χ3v) is 1.79. The average Bonchev–Trinajstić information content (AvgIpc) is 2.21. The second-order valence-corrected chi connectivity index (χ2v) is 3.08. The summed E-state index contributed by atoms with van der Waals surface area (Å²) in [5.41, 5.74) is 0.926. The first-order chi connectivity index (χ1) is 6.86. The normalized spacial score (nSPS) is 10.1. The molecule has 0 aliphatic carbocycles. The van der Waals surface area contributed by atoms with Gasteiger partial charge in [0.05, 0.1) is 24.7 Å². The quantitative estimate of drug-likeness (QED) is 0.696. The lowest BCUT2D eigenvalue weighted by Gasteiger charge is -2.04. The summed E-state index contributed by atoms with van der Waals surface area (Å²) in [5.74, 6) is 0.610. The van der Waals surface area contributed by atoms with E-state index in [0.717, 1.165) is 31.7 Å². The maximum atomic E-state index is 5.39. The van der Waals surface area contributed by atoms with Gasteiger partial charge in [-0.05, 0) is 13.5 Å². The zero-order valence-corrected chi connectivity index (χ0v) is 8.79. The molecule has 0 atom stereocenters. The van der Waals surface area contributed by atoms with E-state index in [0.29, 0.717) is 5.88 Å². The van der Waals surface area contributed by atoms with E-state index in [9.17, 15) is 0 Å². The number of nitrogens with one attached hydrogen (secondary N) is 1. The number of ether oxygens (including phenoxy) is 1. The van der Waals surface area contributed by atoms with Gasteiger partial charge in [0.2, 0.25) is 5.88 Å². The third kappa shape index (κ3) is 3.70. The molecule has 14 heavy (non-hydrogen) atoms. The molecule has 0 saturated carbocycles. The minimum atomic E-state index is 0.610. The molecule has 0 amide bonds. The van der Waals surface area contributed by atoms with E-state index in [1.165, 1.54) is 0 Å². The predicted molar refractivity (Wildman–Crippen MR) is 55.2 cm³/mol. The SMILES string of the molecule is CCCCOc1cnc(CNC)cn1. The van der Waals surface area contributed by atoms with Crippen LogP contribution in [0.5, 0.6) is 5.88 Å². The van der Waals surface area contributed by atoms with Crippen molar-refractivity contribution in [2.75, 3.05) is 13.7 Å². The number of hydrogen-bond donors (Lipinski definition) is 1. The Morgan fingerprint density at radius 2 is 2.21 bits per heavy atom. The summed E-state index contributed by atoms with van der Waals surface area (Å²) < 4.78 is 5.39. The lowest BCUT2D eigenvalue weighted by molar-refractivity contribution is 0.296. The van der Waals surface area contributed by atoms with Gasteiger partial charge >= 0.3 is 0 Å². The molecule has 0 radical (unpaired) electrons. The van der Waals surface area contributed by atoms with E-state index in [4.69, 9.17) is 4.74 Å². The molecular formula is C10H17N3O. The Balaban J connectivity index is 2.38. The van der Waals surface area contributed by atoms with E-state index < -0.39 is 0 Å². The van der Waals surface area contributed by atoms with E-state index in [1.54, 1.807) is 12.4 Å². The summed E-state index contributed by atoms with van der Waals surface area (Å²) in [7, 11) is 1.88. The van der Waals surface area contributed by atoms with E-state index >= 15 is 0 Å². The van der Waals surface area contributed by atoms with Crippen LogP contribution in [0.25, 0.3) is 0 Å². The molecular weight excluding hydrogens is 178 g/mol.